The highest BCUT2D eigenvalue weighted by Gasteiger charge is 2.21. The van der Waals surface area contributed by atoms with E-state index in [0.717, 1.165) is 71.9 Å². The molecule has 0 radical (unpaired) electrons. The molecule has 3 aromatic carbocycles. The van der Waals surface area contributed by atoms with Crippen LogP contribution < -0.4 is 15.3 Å². The third kappa shape index (κ3) is 4.79. The normalized spacial score (nSPS) is 15.0. The van der Waals surface area contributed by atoms with E-state index in [2.05, 4.69) is 88.0 Å². The van der Waals surface area contributed by atoms with Gasteiger partial charge >= 0.3 is 0 Å². The summed E-state index contributed by atoms with van der Waals surface area (Å²) in [6.07, 6.45) is 0. The molecule has 196 valence electrons. The monoisotopic (exact) mass is 509 g/mol. The highest BCUT2D eigenvalue weighted by atomic mass is 16.5. The molecule has 38 heavy (non-hydrogen) atoms. The van der Waals surface area contributed by atoms with E-state index in [1.807, 2.05) is 18.2 Å². The van der Waals surface area contributed by atoms with Crippen molar-refractivity contribution in [3.63, 3.8) is 0 Å². The van der Waals surface area contributed by atoms with Gasteiger partial charge in [-0.2, -0.15) is 0 Å². The van der Waals surface area contributed by atoms with Crippen LogP contribution in [-0.2, 0) is 5.41 Å². The maximum absolute atomic E-state index is 7.78. The average Bonchev–Trinajstić information content (AvgIpc) is 3.52. The lowest BCUT2D eigenvalue weighted by molar-refractivity contribution is 0.201. The third-order valence-corrected chi connectivity index (χ3v) is 7.43. The Labute approximate surface area is 222 Å². The Hall–Kier alpha value is -4.04. The molecule has 4 N–H and O–H groups in total. The first-order chi connectivity index (χ1) is 18.3. The molecule has 0 aliphatic carbocycles. The number of fused-ring (bicyclic) bond motifs is 2. The smallest absolute Gasteiger partial charge is 0.197 e. The van der Waals surface area contributed by atoms with E-state index < -0.39 is 0 Å². The van der Waals surface area contributed by atoms with Gasteiger partial charge in [-0.3, -0.25) is 10.3 Å². The number of nitrogens with zero attached hydrogens (tertiary/aromatic N) is 3. The van der Waals surface area contributed by atoms with Gasteiger partial charge in [0.2, 0.25) is 0 Å². The minimum absolute atomic E-state index is 0.134. The number of piperazine rings is 1. The van der Waals surface area contributed by atoms with Gasteiger partial charge in [-0.1, -0.05) is 57.2 Å². The van der Waals surface area contributed by atoms with Crippen LogP contribution in [0.3, 0.4) is 0 Å². The summed E-state index contributed by atoms with van der Waals surface area (Å²) in [6, 6.07) is 21.0. The fraction of sp³-hybridized carbons (Fsp3) is 0.333. The fourth-order valence-corrected chi connectivity index (χ4v) is 5.21. The van der Waals surface area contributed by atoms with Crippen molar-refractivity contribution in [2.75, 3.05) is 44.2 Å². The van der Waals surface area contributed by atoms with Gasteiger partial charge in [-0.05, 0) is 35.2 Å². The van der Waals surface area contributed by atoms with Crippen LogP contribution in [-0.4, -0.2) is 64.2 Å². The van der Waals surface area contributed by atoms with Crippen LogP contribution in [0.25, 0.3) is 33.5 Å². The Balaban J connectivity index is 1.10. The predicted molar refractivity (Wildman–Crippen MR) is 153 cm³/mol. The van der Waals surface area contributed by atoms with Gasteiger partial charge in [0.15, 0.2) is 5.62 Å². The Bertz CT molecular complexity index is 1610. The summed E-state index contributed by atoms with van der Waals surface area (Å²) < 4.78 is 6.07. The van der Waals surface area contributed by atoms with E-state index in [-0.39, 0.29) is 11.0 Å². The quantitative estimate of drug-likeness (QED) is 0.258. The molecule has 0 saturated carbocycles. The number of aromatic nitrogens is 4. The molecule has 1 aliphatic rings. The largest absolute Gasteiger partial charge is 0.490 e. The molecular formula is C30H35N7O. The molecule has 6 rings (SSSR count). The molecule has 3 heterocycles. The van der Waals surface area contributed by atoms with Crippen molar-refractivity contribution in [3.8, 4) is 17.1 Å². The lowest BCUT2D eigenvalue weighted by atomic mass is 9.87. The summed E-state index contributed by atoms with van der Waals surface area (Å²) in [6.45, 7) is 12.0. The van der Waals surface area contributed by atoms with E-state index in [4.69, 9.17) is 15.1 Å². The molecule has 1 aliphatic heterocycles. The Morgan fingerprint density at radius 1 is 0.868 bits per heavy atom. The van der Waals surface area contributed by atoms with Crippen LogP contribution in [0.5, 0.6) is 5.75 Å². The van der Waals surface area contributed by atoms with Crippen LogP contribution >= 0.6 is 0 Å². The molecule has 8 heteroatoms. The van der Waals surface area contributed by atoms with E-state index >= 15 is 0 Å². The Morgan fingerprint density at radius 2 is 1.61 bits per heavy atom. The summed E-state index contributed by atoms with van der Waals surface area (Å²) >= 11 is 0. The zero-order chi connectivity index (χ0) is 26.3. The summed E-state index contributed by atoms with van der Waals surface area (Å²) in [4.78, 5) is 19.5. The number of nitrogens with one attached hydrogen (secondary N) is 4. The highest BCUT2D eigenvalue weighted by Crippen LogP contribution is 2.30. The maximum Gasteiger partial charge on any atom is 0.197 e. The van der Waals surface area contributed by atoms with Crippen LogP contribution in [0.2, 0.25) is 0 Å². The second kappa shape index (κ2) is 9.68. The number of anilines is 1. The molecule has 0 bridgehead atoms. The van der Waals surface area contributed by atoms with Crippen LogP contribution in [0.4, 0.5) is 5.69 Å². The minimum Gasteiger partial charge on any atom is -0.490 e. The molecular weight excluding hydrogens is 474 g/mol. The van der Waals surface area contributed by atoms with E-state index in [9.17, 15) is 0 Å². The van der Waals surface area contributed by atoms with Crippen molar-refractivity contribution in [1.29, 1.82) is 5.41 Å². The minimum atomic E-state index is 0.134. The predicted octanol–water partition coefficient (Wildman–Crippen LogP) is 5.02. The zero-order valence-electron chi connectivity index (χ0n) is 22.3. The molecule has 8 nitrogen and oxygen atoms in total. The lowest BCUT2D eigenvalue weighted by Gasteiger charge is -2.36. The van der Waals surface area contributed by atoms with Crippen molar-refractivity contribution in [2.45, 2.75) is 26.2 Å². The molecule has 1 saturated heterocycles. The number of H-pyrrole nitrogens is 3. The number of hydrogen-bond acceptors (Lipinski definition) is 5. The third-order valence-electron chi connectivity index (χ3n) is 7.43. The van der Waals surface area contributed by atoms with Gasteiger partial charge in [0.05, 0.1) is 16.7 Å². The maximum atomic E-state index is 7.78. The van der Waals surface area contributed by atoms with Gasteiger partial charge in [-0.15, -0.1) is 0 Å². The van der Waals surface area contributed by atoms with Crippen LogP contribution in [0.1, 0.15) is 26.3 Å². The fourth-order valence-electron chi connectivity index (χ4n) is 5.21. The molecule has 0 spiro atoms. The Morgan fingerprint density at radius 3 is 2.37 bits per heavy atom. The average molecular weight is 510 g/mol. The number of imidazole rings is 2. The summed E-state index contributed by atoms with van der Waals surface area (Å²) in [5, 5.41) is 7.78. The number of para-hydroxylation sites is 2. The zero-order valence-corrected chi connectivity index (χ0v) is 22.3. The van der Waals surface area contributed by atoms with Gasteiger partial charge in [0.25, 0.3) is 0 Å². The van der Waals surface area contributed by atoms with E-state index in [0.29, 0.717) is 6.61 Å². The van der Waals surface area contributed by atoms with Gasteiger partial charge in [0, 0.05) is 38.3 Å². The summed E-state index contributed by atoms with van der Waals surface area (Å²) in [7, 11) is 0. The molecule has 5 aromatic rings. The highest BCUT2D eigenvalue weighted by molar-refractivity contribution is 5.91. The van der Waals surface area contributed by atoms with Crippen molar-refractivity contribution in [3.05, 3.63) is 71.8 Å². The first-order valence-corrected chi connectivity index (χ1v) is 13.3. The molecule has 1 fully saturated rings. The Kier molecular flexibility index (Phi) is 6.19. The van der Waals surface area contributed by atoms with E-state index in [1.54, 1.807) is 0 Å². The number of benzene rings is 3. The van der Waals surface area contributed by atoms with Gasteiger partial charge < -0.3 is 24.6 Å². The van der Waals surface area contributed by atoms with Crippen LogP contribution in [0, 0.1) is 5.41 Å². The molecule has 0 unspecified atom stereocenters. The van der Waals surface area contributed by atoms with Crippen molar-refractivity contribution < 1.29 is 4.74 Å². The number of aromatic amines is 3. The standard InChI is InChI=1S/C30H35N7O/c1-30(2,3)21-12-10-20(11-13-21)28-32-22-6-4-8-24(26(22)34-28)37-16-14-36(15-17-37)18-19-38-25-9-5-7-23-27(25)35-29(31)33-23/h4-13H,14-19H2,1-3H3,(H,32,34)(H3,31,33,35). The molecule has 0 amide bonds. The topological polar surface area (TPSA) is 99.8 Å². The van der Waals surface area contributed by atoms with Crippen molar-refractivity contribution in [2.24, 2.45) is 0 Å². The first kappa shape index (κ1) is 24.3. The second-order valence-electron chi connectivity index (χ2n) is 11.1. The second-order valence-corrected chi connectivity index (χ2v) is 11.1. The number of hydrogen-bond donors (Lipinski definition) is 4. The lowest BCUT2D eigenvalue weighted by Crippen LogP contribution is -2.47. The molecule has 0 atom stereocenters. The molecule has 2 aromatic heterocycles. The first-order valence-electron chi connectivity index (χ1n) is 13.3. The van der Waals surface area contributed by atoms with E-state index in [1.165, 1.54) is 11.3 Å². The van der Waals surface area contributed by atoms with Gasteiger partial charge in [-0.25, -0.2) is 4.98 Å². The summed E-state index contributed by atoms with van der Waals surface area (Å²) in [5.41, 5.74) is 7.87. The van der Waals surface area contributed by atoms with Crippen molar-refractivity contribution in [1.82, 2.24) is 24.8 Å². The van der Waals surface area contributed by atoms with Crippen molar-refractivity contribution >= 4 is 27.8 Å². The SMILES string of the molecule is CC(C)(C)c1ccc(-c2nc3c(N4CCN(CCOc5cccc6[nH]c(=N)[nH]c56)CC4)cccc3[nH]2)cc1. The van der Waals surface area contributed by atoms with Crippen LogP contribution in [0.15, 0.2) is 60.7 Å². The number of ether oxygens (including phenoxy) is 1. The van der Waals surface area contributed by atoms with Gasteiger partial charge in [0.1, 0.15) is 29.2 Å². The number of rotatable bonds is 6. The summed E-state index contributed by atoms with van der Waals surface area (Å²) in [5.74, 6) is 1.70.